The number of rotatable bonds is 5. The van der Waals surface area contributed by atoms with Gasteiger partial charge in [0.05, 0.1) is 6.34 Å². The molecule has 12 heteroatoms. The third-order valence-corrected chi connectivity index (χ3v) is 5.49. The molecule has 1 aromatic heterocycles. The first kappa shape index (κ1) is 19.8. The van der Waals surface area contributed by atoms with Crippen LogP contribution in [0.2, 0.25) is 0 Å². The zero-order chi connectivity index (χ0) is 22.4. The normalized spacial score (nSPS) is 21.4. The highest BCUT2D eigenvalue weighted by molar-refractivity contribution is 6.02. The second-order valence-electron chi connectivity index (χ2n) is 7.50. The van der Waals surface area contributed by atoms with Crippen LogP contribution in [0.3, 0.4) is 0 Å². The maximum absolute atomic E-state index is 12.5. The minimum Gasteiger partial charge on any atom is -0.458 e. The van der Waals surface area contributed by atoms with Gasteiger partial charge in [-0.1, -0.05) is 5.16 Å². The molecule has 1 aromatic carbocycles. The molecule has 3 aliphatic rings. The van der Waals surface area contributed by atoms with E-state index in [4.69, 9.17) is 18.7 Å². The van der Waals surface area contributed by atoms with Gasteiger partial charge < -0.3 is 28.5 Å². The molecule has 12 nitrogen and oxygen atoms in total. The Kier molecular flexibility index (Phi) is 4.68. The lowest BCUT2D eigenvalue weighted by Crippen LogP contribution is -2.64. The van der Waals surface area contributed by atoms with E-state index in [2.05, 4.69) is 10.1 Å². The molecule has 3 amide bonds. The van der Waals surface area contributed by atoms with E-state index in [1.54, 1.807) is 25.2 Å². The van der Waals surface area contributed by atoms with Crippen LogP contribution in [0.25, 0.3) is 11.3 Å². The largest absolute Gasteiger partial charge is 0.458 e. The van der Waals surface area contributed by atoms with Crippen LogP contribution in [0.1, 0.15) is 5.69 Å². The number of imide groups is 1. The van der Waals surface area contributed by atoms with E-state index in [1.807, 2.05) is 6.07 Å². The Morgan fingerprint density at radius 2 is 2.00 bits per heavy atom. The summed E-state index contributed by atoms with van der Waals surface area (Å²) in [6, 6.07) is 5.83. The molecule has 32 heavy (non-hydrogen) atoms. The third kappa shape index (κ3) is 3.29. The van der Waals surface area contributed by atoms with Crippen molar-refractivity contribution >= 4 is 24.2 Å². The Morgan fingerprint density at radius 3 is 2.84 bits per heavy atom. The Bertz CT molecular complexity index is 1130. The van der Waals surface area contributed by atoms with Crippen LogP contribution in [0.15, 0.2) is 33.8 Å². The summed E-state index contributed by atoms with van der Waals surface area (Å²) in [5.41, 5.74) is 1.18. The summed E-state index contributed by atoms with van der Waals surface area (Å²) in [5.74, 6) is 0.779. The number of amides is 3. The monoisotopic (exact) mass is 441 g/mol. The maximum atomic E-state index is 12.5. The van der Waals surface area contributed by atoms with E-state index in [0.29, 0.717) is 23.0 Å². The number of carbonyl (C=O) groups is 3. The third-order valence-electron chi connectivity index (χ3n) is 5.49. The first-order chi connectivity index (χ1) is 15.4. The van der Waals surface area contributed by atoms with Crippen molar-refractivity contribution in [3.63, 3.8) is 0 Å². The van der Waals surface area contributed by atoms with Crippen molar-refractivity contribution in [1.29, 1.82) is 0 Å². The van der Waals surface area contributed by atoms with Gasteiger partial charge in [0.2, 0.25) is 6.79 Å². The summed E-state index contributed by atoms with van der Waals surface area (Å²) in [6.07, 6.45) is 0.726. The van der Waals surface area contributed by atoms with Crippen LogP contribution in [-0.2, 0) is 20.9 Å². The summed E-state index contributed by atoms with van der Waals surface area (Å²) < 4.78 is 21.3. The average molecular weight is 441 g/mol. The van der Waals surface area contributed by atoms with Crippen molar-refractivity contribution in [2.75, 3.05) is 27.4 Å². The lowest BCUT2D eigenvalue weighted by atomic mass is 10.1. The Hall–Kier alpha value is -4.09. The minimum atomic E-state index is -0.764. The van der Waals surface area contributed by atoms with Crippen LogP contribution in [0.5, 0.6) is 11.5 Å². The van der Waals surface area contributed by atoms with E-state index in [0.717, 1.165) is 10.5 Å². The van der Waals surface area contributed by atoms with Crippen molar-refractivity contribution < 1.29 is 33.1 Å². The van der Waals surface area contributed by atoms with E-state index in [1.165, 1.54) is 23.2 Å². The van der Waals surface area contributed by atoms with Crippen molar-refractivity contribution in [2.24, 2.45) is 4.99 Å². The second-order valence-corrected chi connectivity index (χ2v) is 7.50. The van der Waals surface area contributed by atoms with E-state index in [-0.39, 0.29) is 19.9 Å². The SMILES string of the molecule is CN1C(=O)C2C(N=CN2CC(=O)OCc2cc(-c3ccc4c(c3)OCO4)on2)N(C)C1=O. The fourth-order valence-corrected chi connectivity index (χ4v) is 3.76. The molecular formula is C20H19N5O7. The molecule has 3 aliphatic heterocycles. The molecule has 2 unspecified atom stereocenters. The molecule has 2 aromatic rings. The van der Waals surface area contributed by atoms with Crippen LogP contribution in [-0.4, -0.2) is 83.7 Å². The fourth-order valence-electron chi connectivity index (χ4n) is 3.76. The lowest BCUT2D eigenvalue weighted by Gasteiger charge is -2.39. The predicted octanol–water partition coefficient (Wildman–Crippen LogP) is 0.676. The fraction of sp³-hybridized carbons (Fsp3) is 0.350. The molecule has 2 atom stereocenters. The van der Waals surface area contributed by atoms with Crippen molar-refractivity contribution in [3.8, 4) is 22.8 Å². The van der Waals surface area contributed by atoms with E-state index >= 15 is 0 Å². The zero-order valence-corrected chi connectivity index (χ0v) is 17.3. The van der Waals surface area contributed by atoms with Crippen LogP contribution < -0.4 is 9.47 Å². The Labute approximate surface area is 181 Å². The second kappa shape index (κ2) is 7.55. The first-order valence-corrected chi connectivity index (χ1v) is 9.77. The summed E-state index contributed by atoms with van der Waals surface area (Å²) >= 11 is 0. The smallest absolute Gasteiger partial charge is 0.328 e. The number of hydrogen-bond donors (Lipinski definition) is 0. The minimum absolute atomic E-state index is 0.0990. The van der Waals surface area contributed by atoms with Crippen molar-refractivity contribution in [2.45, 2.75) is 18.8 Å². The lowest BCUT2D eigenvalue weighted by molar-refractivity contribution is -0.147. The molecule has 0 saturated carbocycles. The van der Waals surface area contributed by atoms with Gasteiger partial charge in [0, 0.05) is 25.7 Å². The van der Waals surface area contributed by atoms with Crippen LogP contribution in [0.4, 0.5) is 4.79 Å². The molecule has 0 spiro atoms. The molecule has 5 rings (SSSR count). The molecule has 0 bridgehead atoms. The highest BCUT2D eigenvalue weighted by Crippen LogP contribution is 2.36. The van der Waals surface area contributed by atoms with Gasteiger partial charge in [-0.15, -0.1) is 0 Å². The Balaban J connectivity index is 1.19. The number of benzene rings is 1. The van der Waals surface area contributed by atoms with E-state index in [9.17, 15) is 14.4 Å². The molecule has 0 N–H and O–H groups in total. The van der Waals surface area contributed by atoms with Gasteiger partial charge in [0.15, 0.2) is 29.5 Å². The number of likely N-dealkylation sites (N-methyl/N-ethyl adjacent to an activating group) is 2. The predicted molar refractivity (Wildman–Crippen MR) is 107 cm³/mol. The van der Waals surface area contributed by atoms with E-state index < -0.39 is 30.1 Å². The molecular weight excluding hydrogens is 422 g/mol. The highest BCUT2D eigenvalue weighted by atomic mass is 16.7. The number of carbonyl (C=O) groups excluding carboxylic acids is 3. The number of urea groups is 1. The molecule has 1 saturated heterocycles. The van der Waals surface area contributed by atoms with Crippen molar-refractivity contribution in [1.82, 2.24) is 19.9 Å². The van der Waals surface area contributed by atoms with Crippen LogP contribution in [0, 0.1) is 0 Å². The molecule has 0 aliphatic carbocycles. The topological polar surface area (TPSA) is 127 Å². The summed E-state index contributed by atoms with van der Waals surface area (Å²) in [4.78, 5) is 45.0. The van der Waals surface area contributed by atoms with Gasteiger partial charge in [-0.25, -0.2) is 9.79 Å². The number of ether oxygens (including phenoxy) is 3. The number of esters is 1. The molecule has 166 valence electrons. The number of fused-ring (bicyclic) bond motifs is 2. The molecule has 0 radical (unpaired) electrons. The molecule has 1 fully saturated rings. The standard InChI is InChI=1S/C20H19N5O7/c1-23-18-17(19(27)24(2)20(23)28)25(9-21-18)7-16(26)29-8-12-6-14(32-22-12)11-3-4-13-15(5-11)31-10-30-13/h3-6,9,17-18H,7-8,10H2,1-2H3. The summed E-state index contributed by atoms with van der Waals surface area (Å²) in [6.45, 7) is -0.119. The van der Waals surface area contributed by atoms with Gasteiger partial charge in [-0.05, 0) is 18.2 Å². The van der Waals surface area contributed by atoms with Gasteiger partial charge in [0.25, 0.3) is 5.91 Å². The number of nitrogens with zero attached hydrogens (tertiary/aromatic N) is 5. The van der Waals surface area contributed by atoms with Gasteiger partial charge in [-0.3, -0.25) is 14.5 Å². The van der Waals surface area contributed by atoms with Gasteiger partial charge >= 0.3 is 12.0 Å². The number of hydrogen-bond acceptors (Lipinski definition) is 10. The summed E-state index contributed by atoms with van der Waals surface area (Å²) in [5, 5.41) is 3.93. The average Bonchev–Trinajstić information content (AvgIpc) is 3.53. The first-order valence-electron chi connectivity index (χ1n) is 9.77. The van der Waals surface area contributed by atoms with Crippen LogP contribution >= 0.6 is 0 Å². The Morgan fingerprint density at radius 1 is 1.19 bits per heavy atom. The van der Waals surface area contributed by atoms with Gasteiger partial charge in [-0.2, -0.15) is 0 Å². The van der Waals surface area contributed by atoms with Gasteiger partial charge in [0.1, 0.15) is 18.8 Å². The molecule has 4 heterocycles. The number of aromatic nitrogens is 1. The maximum Gasteiger partial charge on any atom is 0.328 e. The van der Waals surface area contributed by atoms with Crippen molar-refractivity contribution in [3.05, 3.63) is 30.0 Å². The quantitative estimate of drug-likeness (QED) is 0.615. The number of aliphatic imine (C=N–C) groups is 1. The summed E-state index contributed by atoms with van der Waals surface area (Å²) in [7, 11) is 2.96. The highest BCUT2D eigenvalue weighted by Gasteiger charge is 2.48. The zero-order valence-electron chi connectivity index (χ0n) is 17.3.